The molecule has 1 aromatic heterocycles. The van der Waals surface area contributed by atoms with Crippen LogP contribution in [0.4, 0.5) is 0 Å². The summed E-state index contributed by atoms with van der Waals surface area (Å²) in [4.78, 5) is 28.0. The molecule has 1 aromatic rings. The highest BCUT2D eigenvalue weighted by atomic mass is 16.5. The van der Waals surface area contributed by atoms with E-state index >= 15 is 0 Å². The Kier molecular flexibility index (Phi) is 4.08. The van der Waals surface area contributed by atoms with Crippen molar-refractivity contribution in [3.63, 3.8) is 0 Å². The largest absolute Gasteiger partial charge is 0.478 e. The number of aromatic carboxylic acids is 1. The number of rotatable bonds is 4. The number of carboxylic acids is 1. The molecule has 2 rings (SSSR count). The van der Waals surface area contributed by atoms with Crippen LogP contribution < -0.4 is 5.73 Å². The molecule has 0 saturated carbocycles. The quantitative estimate of drug-likeness (QED) is 0.757. The Balaban J connectivity index is 2.06. The second-order valence-corrected chi connectivity index (χ2v) is 4.31. The number of hydrogen-bond donors (Lipinski definition) is 2. The highest BCUT2D eigenvalue weighted by molar-refractivity contribution is 5.87. The fourth-order valence-electron chi connectivity index (χ4n) is 1.94. The van der Waals surface area contributed by atoms with Gasteiger partial charge >= 0.3 is 5.97 Å². The molecule has 1 saturated heterocycles. The van der Waals surface area contributed by atoms with Crippen LogP contribution in [0, 0.1) is 0 Å². The maximum Gasteiger partial charge on any atom is 0.337 e. The summed E-state index contributed by atoms with van der Waals surface area (Å²) >= 11 is 0. The molecule has 19 heavy (non-hydrogen) atoms. The predicted octanol–water partition coefficient (Wildman–Crippen LogP) is -0.534. The lowest BCUT2D eigenvalue weighted by molar-refractivity contribution is -0.129. The second kappa shape index (κ2) is 5.77. The number of hydrogen-bond acceptors (Lipinski definition) is 5. The van der Waals surface area contributed by atoms with Gasteiger partial charge < -0.3 is 15.6 Å². The molecule has 102 valence electrons. The molecule has 3 N–H and O–H groups in total. The van der Waals surface area contributed by atoms with Gasteiger partial charge in [-0.25, -0.2) is 4.79 Å². The molecular weight excluding hydrogens is 250 g/mol. The van der Waals surface area contributed by atoms with Crippen molar-refractivity contribution in [2.75, 3.05) is 19.8 Å². The number of nitrogens with zero attached hydrogens (tertiary/aromatic N) is 2. The van der Waals surface area contributed by atoms with Crippen LogP contribution in [0.1, 0.15) is 16.1 Å². The zero-order valence-electron chi connectivity index (χ0n) is 10.3. The fourth-order valence-corrected chi connectivity index (χ4v) is 1.94. The van der Waals surface area contributed by atoms with Crippen molar-refractivity contribution >= 4 is 11.9 Å². The van der Waals surface area contributed by atoms with Crippen molar-refractivity contribution in [1.82, 2.24) is 9.88 Å². The minimum absolute atomic E-state index is 0.136. The molecule has 0 spiro atoms. The number of aromatic nitrogens is 1. The molecule has 1 aliphatic heterocycles. The number of carboxylic acid groups (broad SMARTS) is 1. The molecule has 1 unspecified atom stereocenters. The summed E-state index contributed by atoms with van der Waals surface area (Å²) in [5.41, 5.74) is 6.15. The van der Waals surface area contributed by atoms with Crippen molar-refractivity contribution in [3.05, 3.63) is 29.6 Å². The molecule has 2 heterocycles. The summed E-state index contributed by atoms with van der Waals surface area (Å²) in [5, 5.41) is 8.78. The van der Waals surface area contributed by atoms with Crippen molar-refractivity contribution < 1.29 is 19.4 Å². The van der Waals surface area contributed by atoms with E-state index in [1.807, 2.05) is 4.90 Å². The topological polar surface area (TPSA) is 106 Å². The van der Waals surface area contributed by atoms with Crippen molar-refractivity contribution in [2.24, 2.45) is 5.73 Å². The molecular formula is C12H15N3O4. The summed E-state index contributed by atoms with van der Waals surface area (Å²) in [7, 11) is 0. The van der Waals surface area contributed by atoms with E-state index in [4.69, 9.17) is 15.6 Å². The van der Waals surface area contributed by atoms with E-state index in [0.717, 1.165) is 0 Å². The van der Waals surface area contributed by atoms with Gasteiger partial charge in [0.15, 0.2) is 0 Å². The number of morpholine rings is 1. The number of amides is 1. The van der Waals surface area contributed by atoms with Crippen LogP contribution in [-0.2, 0) is 16.1 Å². The first-order chi connectivity index (χ1) is 9.08. The Morgan fingerprint density at radius 3 is 2.89 bits per heavy atom. The van der Waals surface area contributed by atoms with Crippen LogP contribution in [-0.4, -0.2) is 52.7 Å². The van der Waals surface area contributed by atoms with Gasteiger partial charge in [0.1, 0.15) is 6.04 Å². The summed E-state index contributed by atoms with van der Waals surface area (Å²) in [6.07, 6.45) is 1.30. The van der Waals surface area contributed by atoms with Crippen LogP contribution in [0.3, 0.4) is 0 Å². The zero-order valence-corrected chi connectivity index (χ0v) is 10.3. The van der Waals surface area contributed by atoms with Gasteiger partial charge in [0, 0.05) is 19.3 Å². The highest BCUT2D eigenvalue weighted by Crippen LogP contribution is 2.11. The minimum Gasteiger partial charge on any atom is -0.478 e. The van der Waals surface area contributed by atoms with E-state index in [2.05, 4.69) is 4.98 Å². The summed E-state index contributed by atoms with van der Waals surface area (Å²) in [6, 6.07) is 2.66. The lowest BCUT2D eigenvalue weighted by atomic mass is 10.2. The Morgan fingerprint density at radius 2 is 2.32 bits per heavy atom. The van der Waals surface area contributed by atoms with Gasteiger partial charge in [-0.1, -0.05) is 0 Å². The molecule has 0 radical (unpaired) electrons. The van der Waals surface area contributed by atoms with Crippen LogP contribution in [0.15, 0.2) is 18.3 Å². The van der Waals surface area contributed by atoms with Gasteiger partial charge in [-0.15, -0.1) is 0 Å². The number of carbonyl (C=O) groups excluding carboxylic acids is 1. The van der Waals surface area contributed by atoms with E-state index in [9.17, 15) is 9.59 Å². The smallest absolute Gasteiger partial charge is 0.337 e. The molecule has 1 fully saturated rings. The van der Waals surface area contributed by atoms with E-state index in [-0.39, 0.29) is 12.2 Å². The van der Waals surface area contributed by atoms with Gasteiger partial charge in [-0.05, 0) is 12.1 Å². The predicted molar refractivity (Wildman–Crippen MR) is 65.4 cm³/mol. The van der Waals surface area contributed by atoms with Crippen LogP contribution in [0.25, 0.3) is 0 Å². The molecule has 1 amide bonds. The number of carbonyl (C=O) groups is 2. The average molecular weight is 265 g/mol. The Bertz CT molecular complexity index is 474. The summed E-state index contributed by atoms with van der Waals surface area (Å²) in [5.74, 6) is -1.44. The second-order valence-electron chi connectivity index (χ2n) is 4.31. The van der Waals surface area contributed by atoms with E-state index in [0.29, 0.717) is 25.4 Å². The van der Waals surface area contributed by atoms with Crippen molar-refractivity contribution in [1.29, 1.82) is 0 Å². The maximum atomic E-state index is 11.3. The van der Waals surface area contributed by atoms with E-state index in [1.165, 1.54) is 12.3 Å². The number of ether oxygens (including phenoxy) is 1. The third-order valence-electron chi connectivity index (χ3n) is 3.00. The third-order valence-corrected chi connectivity index (χ3v) is 3.00. The standard InChI is InChI=1S/C12H15N3O4/c13-11(16)10-7-19-4-3-15(10)6-9-2-1-8(5-14-9)12(17)18/h1-2,5,10H,3-4,6-7H2,(H2,13,16)(H,17,18). The normalized spacial score (nSPS) is 20.1. The zero-order chi connectivity index (χ0) is 13.8. The Hall–Kier alpha value is -1.99. The van der Waals surface area contributed by atoms with E-state index in [1.54, 1.807) is 6.07 Å². The van der Waals surface area contributed by atoms with Gasteiger partial charge in [-0.2, -0.15) is 0 Å². The molecule has 0 bridgehead atoms. The third kappa shape index (κ3) is 3.27. The molecule has 7 heteroatoms. The van der Waals surface area contributed by atoms with Crippen molar-refractivity contribution in [2.45, 2.75) is 12.6 Å². The first kappa shape index (κ1) is 13.4. The first-order valence-electron chi connectivity index (χ1n) is 5.87. The molecule has 0 aromatic carbocycles. The molecule has 1 atom stereocenters. The number of nitrogens with two attached hydrogens (primary N) is 1. The number of pyridine rings is 1. The first-order valence-corrected chi connectivity index (χ1v) is 5.87. The highest BCUT2D eigenvalue weighted by Gasteiger charge is 2.27. The van der Waals surface area contributed by atoms with Crippen LogP contribution in [0.2, 0.25) is 0 Å². The average Bonchev–Trinajstić information content (AvgIpc) is 2.39. The lowest BCUT2D eigenvalue weighted by Gasteiger charge is -2.33. The van der Waals surface area contributed by atoms with Gasteiger partial charge in [-0.3, -0.25) is 14.7 Å². The monoisotopic (exact) mass is 265 g/mol. The SMILES string of the molecule is NC(=O)C1COCCN1Cc1ccc(C(=O)O)cn1. The molecule has 7 nitrogen and oxygen atoms in total. The maximum absolute atomic E-state index is 11.3. The van der Waals surface area contributed by atoms with Gasteiger partial charge in [0.05, 0.1) is 24.5 Å². The molecule has 0 aliphatic carbocycles. The van der Waals surface area contributed by atoms with Gasteiger partial charge in [0.25, 0.3) is 0 Å². The van der Waals surface area contributed by atoms with Crippen LogP contribution >= 0.6 is 0 Å². The Morgan fingerprint density at radius 1 is 1.53 bits per heavy atom. The van der Waals surface area contributed by atoms with Crippen LogP contribution in [0.5, 0.6) is 0 Å². The minimum atomic E-state index is -1.01. The molecule has 1 aliphatic rings. The Labute approximate surface area is 110 Å². The summed E-state index contributed by atoms with van der Waals surface area (Å²) in [6.45, 7) is 1.85. The van der Waals surface area contributed by atoms with Gasteiger partial charge in [0.2, 0.25) is 5.91 Å². The summed E-state index contributed by atoms with van der Waals surface area (Å²) < 4.78 is 5.22. The van der Waals surface area contributed by atoms with Crippen molar-refractivity contribution in [3.8, 4) is 0 Å². The van der Waals surface area contributed by atoms with E-state index < -0.39 is 17.9 Å². The fraction of sp³-hybridized carbons (Fsp3) is 0.417. The lowest BCUT2D eigenvalue weighted by Crippen LogP contribution is -2.51. The number of primary amides is 1.